The molecule has 2 N–H and O–H groups in total. The number of amides is 2. The van der Waals surface area contributed by atoms with Gasteiger partial charge in [-0.15, -0.1) is 0 Å². The first-order valence-corrected chi connectivity index (χ1v) is 4.62. The first-order valence-electron chi connectivity index (χ1n) is 4.62. The molecule has 0 saturated carbocycles. The van der Waals surface area contributed by atoms with Crippen LogP contribution in [0.4, 0.5) is 0 Å². The number of aryl methyl sites for hydroxylation is 1. The van der Waals surface area contributed by atoms with Crippen LogP contribution in [0.25, 0.3) is 0 Å². The summed E-state index contributed by atoms with van der Waals surface area (Å²) >= 11 is 0. The van der Waals surface area contributed by atoms with E-state index in [2.05, 4.69) is 10.9 Å². The Balaban J connectivity index is 2.82. The minimum absolute atomic E-state index is 0.348. The highest BCUT2D eigenvalue weighted by atomic mass is 16.2. The molecule has 0 aromatic heterocycles. The van der Waals surface area contributed by atoms with Gasteiger partial charge in [0.1, 0.15) is 0 Å². The molecule has 0 aliphatic rings. The quantitative estimate of drug-likeness (QED) is 0.677. The van der Waals surface area contributed by atoms with Crippen LogP contribution < -0.4 is 10.9 Å². The van der Waals surface area contributed by atoms with Crippen LogP contribution in [0.1, 0.15) is 28.4 Å². The van der Waals surface area contributed by atoms with Crippen LogP contribution in [0.5, 0.6) is 0 Å². The van der Waals surface area contributed by atoms with Crippen molar-refractivity contribution in [3.63, 3.8) is 0 Å². The van der Waals surface area contributed by atoms with Crippen LogP contribution >= 0.6 is 0 Å². The fourth-order valence-electron chi connectivity index (χ4n) is 1.15. The van der Waals surface area contributed by atoms with Crippen molar-refractivity contribution in [2.75, 3.05) is 0 Å². The lowest BCUT2D eigenvalue weighted by Crippen LogP contribution is -2.40. The number of hydrazine groups is 1. The molecular formula is C11H11N3O2. The van der Waals surface area contributed by atoms with E-state index in [0.717, 1.165) is 5.56 Å². The number of nitrogens with one attached hydrogen (secondary N) is 2. The van der Waals surface area contributed by atoms with Gasteiger partial charge in [-0.3, -0.25) is 20.4 Å². The molecular weight excluding hydrogens is 206 g/mol. The van der Waals surface area contributed by atoms with Gasteiger partial charge < -0.3 is 0 Å². The van der Waals surface area contributed by atoms with Crippen molar-refractivity contribution in [3.05, 3.63) is 34.9 Å². The maximum atomic E-state index is 11.5. The smallest absolute Gasteiger partial charge is 0.269 e. The van der Waals surface area contributed by atoms with Crippen LogP contribution in [0.2, 0.25) is 0 Å². The average molecular weight is 217 g/mol. The molecule has 1 rings (SSSR count). The Morgan fingerprint density at radius 2 is 2.00 bits per heavy atom. The van der Waals surface area contributed by atoms with E-state index in [0.29, 0.717) is 11.1 Å². The van der Waals surface area contributed by atoms with E-state index in [9.17, 15) is 9.59 Å². The Bertz CT molecular complexity index is 475. The van der Waals surface area contributed by atoms with Crippen molar-refractivity contribution >= 4 is 11.8 Å². The second kappa shape index (κ2) is 4.94. The fourth-order valence-corrected chi connectivity index (χ4v) is 1.15. The summed E-state index contributed by atoms with van der Waals surface area (Å²) in [5.74, 6) is -0.762. The lowest BCUT2D eigenvalue weighted by atomic mass is 10.1. The van der Waals surface area contributed by atoms with E-state index >= 15 is 0 Å². The number of hydrogen-bond donors (Lipinski definition) is 2. The van der Waals surface area contributed by atoms with Crippen LogP contribution in [0.15, 0.2) is 18.2 Å². The molecule has 0 heterocycles. The number of carbonyl (C=O) groups excluding carboxylic acids is 2. The number of rotatable bonds is 1. The summed E-state index contributed by atoms with van der Waals surface area (Å²) in [5.41, 5.74) is 6.07. The second-order valence-electron chi connectivity index (χ2n) is 3.28. The molecule has 1 aromatic rings. The molecule has 5 heteroatoms. The Hall–Kier alpha value is -2.35. The van der Waals surface area contributed by atoms with Crippen molar-refractivity contribution in [1.82, 2.24) is 10.9 Å². The number of nitrogens with zero attached hydrogens (tertiary/aromatic N) is 1. The molecule has 0 unspecified atom stereocenters. The summed E-state index contributed by atoms with van der Waals surface area (Å²) in [5, 5.41) is 8.72. The molecule has 0 fully saturated rings. The van der Waals surface area contributed by atoms with E-state index in [1.807, 2.05) is 6.07 Å². The van der Waals surface area contributed by atoms with Crippen molar-refractivity contribution in [2.24, 2.45) is 0 Å². The largest absolute Gasteiger partial charge is 0.274 e. The molecule has 0 atom stereocenters. The standard InChI is InChI=1S/C11H11N3O2/c1-7-5-9(3-4-10(7)6-12)11(16)14-13-8(2)15/h3-5H,1-2H3,(H,13,15)(H,14,16). The Morgan fingerprint density at radius 1 is 1.31 bits per heavy atom. The minimum Gasteiger partial charge on any atom is -0.274 e. The maximum Gasteiger partial charge on any atom is 0.269 e. The maximum absolute atomic E-state index is 11.5. The fraction of sp³-hybridized carbons (Fsp3) is 0.182. The van der Waals surface area contributed by atoms with Gasteiger partial charge in [-0.05, 0) is 30.7 Å². The summed E-state index contributed by atoms with van der Waals surface area (Å²) in [6, 6.07) is 6.70. The highest BCUT2D eigenvalue weighted by Gasteiger charge is 2.07. The molecule has 1 aromatic carbocycles. The zero-order chi connectivity index (χ0) is 12.1. The van der Waals surface area contributed by atoms with Crippen LogP contribution in [0, 0.1) is 18.3 Å². The van der Waals surface area contributed by atoms with Crippen molar-refractivity contribution < 1.29 is 9.59 Å². The first-order chi connectivity index (χ1) is 7.54. The average Bonchev–Trinajstić information content (AvgIpc) is 2.25. The van der Waals surface area contributed by atoms with Gasteiger partial charge in [0, 0.05) is 12.5 Å². The predicted molar refractivity (Wildman–Crippen MR) is 57.2 cm³/mol. The normalized spacial score (nSPS) is 9.06. The number of carbonyl (C=O) groups is 2. The van der Waals surface area contributed by atoms with E-state index in [-0.39, 0.29) is 5.91 Å². The van der Waals surface area contributed by atoms with Gasteiger partial charge in [0.25, 0.3) is 5.91 Å². The van der Waals surface area contributed by atoms with Crippen LogP contribution in [0.3, 0.4) is 0 Å². The van der Waals surface area contributed by atoms with Crippen LogP contribution in [-0.2, 0) is 4.79 Å². The Morgan fingerprint density at radius 3 is 2.50 bits per heavy atom. The van der Waals surface area contributed by atoms with E-state index < -0.39 is 5.91 Å². The lowest BCUT2D eigenvalue weighted by Gasteiger charge is -2.06. The zero-order valence-electron chi connectivity index (χ0n) is 9.00. The monoisotopic (exact) mass is 217 g/mol. The van der Waals surface area contributed by atoms with Gasteiger partial charge in [-0.1, -0.05) is 0 Å². The van der Waals surface area contributed by atoms with E-state index in [1.165, 1.54) is 13.0 Å². The Labute approximate surface area is 93.0 Å². The summed E-state index contributed by atoms with van der Waals surface area (Å²) < 4.78 is 0. The molecule has 0 aliphatic carbocycles. The summed E-state index contributed by atoms with van der Waals surface area (Å²) in [4.78, 5) is 22.1. The predicted octanol–water partition coefficient (Wildman–Crippen LogP) is 0.648. The van der Waals surface area contributed by atoms with Crippen LogP contribution in [-0.4, -0.2) is 11.8 Å². The van der Waals surface area contributed by atoms with Gasteiger partial charge in [-0.25, -0.2) is 0 Å². The van der Waals surface area contributed by atoms with E-state index in [1.54, 1.807) is 19.1 Å². The summed E-state index contributed by atoms with van der Waals surface area (Å²) in [6.07, 6.45) is 0. The second-order valence-corrected chi connectivity index (χ2v) is 3.28. The summed E-state index contributed by atoms with van der Waals surface area (Å²) in [7, 11) is 0. The van der Waals surface area contributed by atoms with Crippen molar-refractivity contribution in [2.45, 2.75) is 13.8 Å². The SMILES string of the molecule is CC(=O)NNC(=O)c1ccc(C#N)c(C)c1. The van der Waals surface area contributed by atoms with Gasteiger partial charge in [0.15, 0.2) is 0 Å². The number of benzene rings is 1. The van der Waals surface area contributed by atoms with Gasteiger partial charge in [0.2, 0.25) is 5.91 Å². The van der Waals surface area contributed by atoms with Gasteiger partial charge in [0.05, 0.1) is 11.6 Å². The molecule has 0 bridgehead atoms. The summed E-state index contributed by atoms with van der Waals surface area (Å²) in [6.45, 7) is 3.04. The molecule has 0 radical (unpaired) electrons. The molecule has 0 saturated heterocycles. The van der Waals surface area contributed by atoms with Gasteiger partial charge in [-0.2, -0.15) is 5.26 Å². The number of hydrogen-bond acceptors (Lipinski definition) is 3. The Kier molecular flexibility index (Phi) is 3.62. The third-order valence-corrected chi connectivity index (χ3v) is 1.96. The molecule has 16 heavy (non-hydrogen) atoms. The molecule has 2 amide bonds. The highest BCUT2D eigenvalue weighted by molar-refractivity contribution is 5.95. The first kappa shape index (κ1) is 11.7. The third-order valence-electron chi connectivity index (χ3n) is 1.96. The van der Waals surface area contributed by atoms with E-state index in [4.69, 9.17) is 5.26 Å². The van der Waals surface area contributed by atoms with Crippen molar-refractivity contribution in [3.8, 4) is 6.07 Å². The molecule has 0 aliphatic heterocycles. The zero-order valence-corrected chi connectivity index (χ0v) is 9.00. The van der Waals surface area contributed by atoms with Gasteiger partial charge >= 0.3 is 0 Å². The lowest BCUT2D eigenvalue weighted by molar-refractivity contribution is -0.119. The third kappa shape index (κ3) is 2.82. The molecule has 5 nitrogen and oxygen atoms in total. The minimum atomic E-state index is -0.414. The topological polar surface area (TPSA) is 82.0 Å². The molecule has 0 spiro atoms. The van der Waals surface area contributed by atoms with Crippen molar-refractivity contribution in [1.29, 1.82) is 5.26 Å². The highest BCUT2D eigenvalue weighted by Crippen LogP contribution is 2.09. The molecule has 82 valence electrons. The number of nitriles is 1.